The Morgan fingerprint density at radius 3 is 2.85 bits per heavy atom. The summed E-state index contributed by atoms with van der Waals surface area (Å²) in [5.41, 5.74) is 1.15. The molecule has 0 bridgehead atoms. The molecule has 106 valence electrons. The van der Waals surface area contributed by atoms with E-state index in [9.17, 15) is 13.6 Å². The number of hydrogen-bond donors (Lipinski definition) is 1. The first kappa shape index (κ1) is 14.7. The van der Waals surface area contributed by atoms with Gasteiger partial charge in [-0.15, -0.1) is 0 Å². The molecule has 1 aromatic rings. The van der Waals surface area contributed by atoms with Crippen molar-refractivity contribution < 1.29 is 13.6 Å². The lowest BCUT2D eigenvalue weighted by Crippen LogP contribution is -2.23. The maximum absolute atomic E-state index is 14.1. The van der Waals surface area contributed by atoms with Gasteiger partial charge in [0.15, 0.2) is 0 Å². The maximum atomic E-state index is 14.1. The molecule has 1 N–H and O–H groups in total. The minimum Gasteiger partial charge on any atom is -0.355 e. The minimum atomic E-state index is -0.855. The quantitative estimate of drug-likeness (QED) is 0.908. The Balaban J connectivity index is 2.53. The van der Waals surface area contributed by atoms with E-state index in [-0.39, 0.29) is 22.9 Å². The zero-order chi connectivity index (χ0) is 14.9. The highest BCUT2D eigenvalue weighted by molar-refractivity contribution is 6.31. The third-order valence-corrected chi connectivity index (χ3v) is 3.56. The molecule has 1 amide bonds. The molecule has 0 radical (unpaired) electrons. The van der Waals surface area contributed by atoms with Gasteiger partial charge in [-0.05, 0) is 24.6 Å². The second kappa shape index (κ2) is 5.71. The lowest BCUT2D eigenvalue weighted by molar-refractivity contribution is 0.0960. The summed E-state index contributed by atoms with van der Waals surface area (Å²) in [5, 5.41) is 2.25. The third kappa shape index (κ3) is 2.58. The summed E-state index contributed by atoms with van der Waals surface area (Å²) in [6, 6.07) is 1.53. The summed E-state index contributed by atoms with van der Waals surface area (Å²) < 4.78 is 27.7. The topological polar surface area (TPSA) is 42.0 Å². The van der Waals surface area contributed by atoms with Gasteiger partial charge in [0.1, 0.15) is 11.7 Å². The largest absolute Gasteiger partial charge is 0.355 e. The molecule has 2 rings (SSSR count). The summed E-state index contributed by atoms with van der Waals surface area (Å²) in [6.07, 6.45) is 2.23. The number of amides is 1. The van der Waals surface area contributed by atoms with Crippen LogP contribution in [0, 0.1) is 6.92 Å². The van der Waals surface area contributed by atoms with Crippen LogP contribution in [-0.2, 0) is 0 Å². The number of carbonyl (C=O) groups excluding carboxylic acids is 1. The fourth-order valence-electron chi connectivity index (χ4n) is 2.23. The molecule has 0 spiro atoms. The lowest BCUT2D eigenvalue weighted by Gasteiger charge is -2.21. The van der Waals surface area contributed by atoms with Crippen LogP contribution in [0.4, 0.5) is 8.78 Å². The Kier molecular flexibility index (Phi) is 4.18. The number of nitrogens with one attached hydrogen (secondary N) is 1. The fraction of sp³-hybridized carbons (Fsp3) is 0.286. The molecule has 1 unspecified atom stereocenters. The molecule has 6 heteroatoms. The molecule has 3 nitrogen and oxygen atoms in total. The van der Waals surface area contributed by atoms with Crippen molar-refractivity contribution in [2.45, 2.75) is 19.3 Å². The van der Waals surface area contributed by atoms with Crippen molar-refractivity contribution >= 4 is 17.5 Å². The van der Waals surface area contributed by atoms with Crippen molar-refractivity contribution in [3.8, 4) is 0 Å². The van der Waals surface area contributed by atoms with Crippen molar-refractivity contribution in [2.75, 3.05) is 7.05 Å². The molecule has 1 atom stereocenters. The zero-order valence-electron chi connectivity index (χ0n) is 11.0. The van der Waals surface area contributed by atoms with Crippen LogP contribution in [0.25, 0.3) is 0 Å². The molecule has 1 aliphatic carbocycles. The normalized spacial score (nSPS) is 18.9. The Labute approximate surface area is 120 Å². The minimum absolute atomic E-state index is 0.200. The SMILES string of the molecule is CNC(=O)c1c(C2CC(F)=C(Cl)C=C2F)ccnc1C. The Bertz CT molecular complexity index is 626. The van der Waals surface area contributed by atoms with Crippen molar-refractivity contribution in [1.82, 2.24) is 10.3 Å². The summed E-state index contributed by atoms with van der Waals surface area (Å²) in [6.45, 7) is 1.65. The monoisotopic (exact) mass is 298 g/mol. The van der Waals surface area contributed by atoms with E-state index in [0.717, 1.165) is 6.08 Å². The smallest absolute Gasteiger partial charge is 0.253 e. The number of nitrogens with zero attached hydrogens (tertiary/aromatic N) is 1. The summed E-state index contributed by atoms with van der Waals surface area (Å²) in [7, 11) is 1.48. The van der Waals surface area contributed by atoms with Crippen LogP contribution in [0.2, 0.25) is 0 Å². The van der Waals surface area contributed by atoms with Crippen LogP contribution in [-0.4, -0.2) is 17.9 Å². The third-order valence-electron chi connectivity index (χ3n) is 3.24. The van der Waals surface area contributed by atoms with Crippen molar-refractivity contribution in [2.24, 2.45) is 0 Å². The highest BCUT2D eigenvalue weighted by atomic mass is 35.5. The van der Waals surface area contributed by atoms with Gasteiger partial charge in [-0.1, -0.05) is 11.6 Å². The Morgan fingerprint density at radius 2 is 2.20 bits per heavy atom. The predicted octanol–water partition coefficient (Wildman–Crippen LogP) is 3.51. The second-order valence-electron chi connectivity index (χ2n) is 4.48. The van der Waals surface area contributed by atoms with E-state index in [1.165, 1.54) is 19.3 Å². The molecule has 1 aromatic heterocycles. The van der Waals surface area contributed by atoms with E-state index in [2.05, 4.69) is 10.3 Å². The number of hydrogen-bond acceptors (Lipinski definition) is 2. The number of pyridine rings is 1. The molecular weight excluding hydrogens is 286 g/mol. The van der Waals surface area contributed by atoms with Crippen LogP contribution in [0.15, 0.2) is 35.0 Å². The number of halogens is 3. The Hall–Kier alpha value is -1.75. The average molecular weight is 299 g/mol. The van der Waals surface area contributed by atoms with Gasteiger partial charge in [0.25, 0.3) is 5.91 Å². The van der Waals surface area contributed by atoms with Crippen LogP contribution >= 0.6 is 11.6 Å². The van der Waals surface area contributed by atoms with E-state index in [0.29, 0.717) is 11.3 Å². The predicted molar refractivity (Wildman–Crippen MR) is 72.9 cm³/mol. The molecular formula is C14H13ClF2N2O. The van der Waals surface area contributed by atoms with Gasteiger partial charge in [-0.2, -0.15) is 0 Å². The average Bonchev–Trinajstić information content (AvgIpc) is 2.42. The van der Waals surface area contributed by atoms with Gasteiger partial charge in [0, 0.05) is 25.6 Å². The van der Waals surface area contributed by atoms with E-state index >= 15 is 0 Å². The molecule has 20 heavy (non-hydrogen) atoms. The van der Waals surface area contributed by atoms with E-state index < -0.39 is 17.6 Å². The molecule has 1 heterocycles. The number of carbonyl (C=O) groups is 1. The second-order valence-corrected chi connectivity index (χ2v) is 4.89. The molecule has 0 fully saturated rings. The zero-order valence-corrected chi connectivity index (χ0v) is 11.8. The van der Waals surface area contributed by atoms with Crippen molar-refractivity contribution in [1.29, 1.82) is 0 Å². The molecule has 0 aromatic carbocycles. The lowest BCUT2D eigenvalue weighted by atomic mass is 9.87. The van der Waals surface area contributed by atoms with Gasteiger partial charge in [-0.3, -0.25) is 9.78 Å². The molecule has 0 aliphatic heterocycles. The van der Waals surface area contributed by atoms with Crippen LogP contribution < -0.4 is 5.32 Å². The number of aryl methyl sites for hydroxylation is 1. The fourth-order valence-corrected chi connectivity index (χ4v) is 2.41. The molecule has 0 saturated carbocycles. The van der Waals surface area contributed by atoms with Gasteiger partial charge < -0.3 is 5.32 Å². The van der Waals surface area contributed by atoms with Crippen LogP contribution in [0.3, 0.4) is 0 Å². The van der Waals surface area contributed by atoms with Crippen LogP contribution in [0.5, 0.6) is 0 Å². The maximum Gasteiger partial charge on any atom is 0.253 e. The van der Waals surface area contributed by atoms with Gasteiger partial charge in [-0.25, -0.2) is 8.78 Å². The van der Waals surface area contributed by atoms with Crippen molar-refractivity contribution in [3.05, 3.63) is 51.8 Å². The van der Waals surface area contributed by atoms with Gasteiger partial charge in [0.2, 0.25) is 0 Å². The summed E-state index contributed by atoms with van der Waals surface area (Å²) in [5.74, 6) is -2.38. The molecule has 0 saturated heterocycles. The van der Waals surface area contributed by atoms with Crippen LogP contribution in [0.1, 0.15) is 34.0 Å². The first-order chi connectivity index (χ1) is 9.45. The highest BCUT2D eigenvalue weighted by Gasteiger charge is 2.29. The first-order valence-electron chi connectivity index (χ1n) is 6.04. The standard InChI is InChI=1S/C14H13ClF2N2O/c1-7-13(14(20)18-2)8(3-4-19-7)9-5-12(17)10(15)6-11(9)16/h3-4,6,9H,5H2,1-2H3,(H,18,20). The van der Waals surface area contributed by atoms with E-state index in [1.54, 1.807) is 6.92 Å². The summed E-state index contributed by atoms with van der Waals surface area (Å²) >= 11 is 5.57. The highest BCUT2D eigenvalue weighted by Crippen LogP contribution is 2.40. The first-order valence-corrected chi connectivity index (χ1v) is 6.42. The van der Waals surface area contributed by atoms with Gasteiger partial charge in [0.05, 0.1) is 16.3 Å². The summed E-state index contributed by atoms with van der Waals surface area (Å²) in [4.78, 5) is 16.0. The Morgan fingerprint density at radius 1 is 1.50 bits per heavy atom. The number of aromatic nitrogens is 1. The van der Waals surface area contributed by atoms with Crippen molar-refractivity contribution in [3.63, 3.8) is 0 Å². The number of allylic oxidation sites excluding steroid dienone is 4. The van der Waals surface area contributed by atoms with Gasteiger partial charge >= 0.3 is 0 Å². The van der Waals surface area contributed by atoms with E-state index in [4.69, 9.17) is 11.6 Å². The van der Waals surface area contributed by atoms with E-state index in [1.807, 2.05) is 0 Å². The molecule has 1 aliphatic rings. The number of rotatable bonds is 2.